The molecule has 1 heterocycles. The number of methoxy groups -OCH3 is 3. The molecule has 2 aromatic rings. The molecule has 0 aliphatic carbocycles. The topological polar surface area (TPSA) is 59.8 Å². The van der Waals surface area contributed by atoms with Crippen LogP contribution in [0.1, 0.15) is 36.1 Å². The zero-order valence-electron chi connectivity index (χ0n) is 16.9. The summed E-state index contributed by atoms with van der Waals surface area (Å²) in [6, 6.07) is 13.4. The maximum Gasteiger partial charge on any atom is 0.166 e. The Balaban J connectivity index is 1.96. The van der Waals surface area contributed by atoms with Crippen molar-refractivity contribution >= 4 is 0 Å². The van der Waals surface area contributed by atoms with E-state index in [9.17, 15) is 0 Å². The Morgan fingerprint density at radius 3 is 2.48 bits per heavy atom. The molecule has 0 aromatic heterocycles. The fraction of sp³-hybridized carbons (Fsp3) is 0.455. The Kier molecular flexibility index (Phi) is 6.24. The van der Waals surface area contributed by atoms with Gasteiger partial charge in [0.2, 0.25) is 0 Å². The van der Waals surface area contributed by atoms with Crippen molar-refractivity contribution < 1.29 is 24.8 Å². The Morgan fingerprint density at radius 2 is 1.81 bits per heavy atom. The van der Waals surface area contributed by atoms with Crippen molar-refractivity contribution in [1.82, 2.24) is 0 Å². The fourth-order valence-electron chi connectivity index (χ4n) is 4.18. The van der Waals surface area contributed by atoms with Crippen molar-refractivity contribution in [2.24, 2.45) is 0 Å². The zero-order chi connectivity index (χ0) is 19.4. The molecule has 27 heavy (non-hydrogen) atoms. The van der Waals surface area contributed by atoms with Gasteiger partial charge in [0.05, 0.1) is 27.9 Å². The van der Waals surface area contributed by atoms with Gasteiger partial charge < -0.3 is 24.8 Å². The molecule has 1 aliphatic heterocycles. The predicted octanol–water partition coefficient (Wildman–Crippen LogP) is 1.42. The summed E-state index contributed by atoms with van der Waals surface area (Å²) in [4.78, 5) is 1.55. The number of benzene rings is 2. The van der Waals surface area contributed by atoms with Gasteiger partial charge >= 0.3 is 0 Å². The lowest BCUT2D eigenvalue weighted by Gasteiger charge is -2.36. The van der Waals surface area contributed by atoms with E-state index in [0.717, 1.165) is 43.2 Å². The van der Waals surface area contributed by atoms with E-state index in [1.165, 1.54) is 16.7 Å². The molecule has 0 bridgehead atoms. The van der Waals surface area contributed by atoms with E-state index in [-0.39, 0.29) is 0 Å². The van der Waals surface area contributed by atoms with Gasteiger partial charge in [-0.05, 0) is 29.8 Å². The molecule has 1 unspecified atom stereocenters. The summed E-state index contributed by atoms with van der Waals surface area (Å²) in [6.45, 7) is 4.26. The maximum absolute atomic E-state index is 5.58. The van der Waals surface area contributed by atoms with Gasteiger partial charge in [-0.25, -0.2) is 0 Å². The molecule has 2 aromatic carbocycles. The van der Waals surface area contributed by atoms with Crippen LogP contribution in [-0.2, 0) is 13.0 Å². The Labute approximate surface area is 162 Å². The average Bonchev–Trinajstić information content (AvgIpc) is 2.72. The lowest BCUT2D eigenvalue weighted by Crippen LogP contribution is -3.14. The number of rotatable bonds is 7. The number of fused-ring (bicyclic) bond motifs is 1. The average molecular weight is 373 g/mol. The molecule has 146 valence electrons. The van der Waals surface area contributed by atoms with Crippen molar-refractivity contribution in [3.8, 4) is 17.2 Å². The smallest absolute Gasteiger partial charge is 0.166 e. The lowest BCUT2D eigenvalue weighted by atomic mass is 9.86. The first kappa shape index (κ1) is 19.5. The van der Waals surface area contributed by atoms with E-state index in [1.54, 1.807) is 26.2 Å². The molecule has 5 nitrogen and oxygen atoms in total. The van der Waals surface area contributed by atoms with E-state index < -0.39 is 0 Å². The third kappa shape index (κ3) is 4.04. The highest BCUT2D eigenvalue weighted by Gasteiger charge is 2.38. The Hall–Kier alpha value is -2.24. The summed E-state index contributed by atoms with van der Waals surface area (Å²) >= 11 is 0. The number of nitrogens with one attached hydrogen (secondary N) is 1. The van der Waals surface area contributed by atoms with E-state index in [4.69, 9.17) is 14.2 Å². The lowest BCUT2D eigenvalue weighted by molar-refractivity contribution is -0.957. The van der Waals surface area contributed by atoms with Gasteiger partial charge in [0.1, 0.15) is 18.3 Å². The highest BCUT2D eigenvalue weighted by molar-refractivity contribution is 5.49. The monoisotopic (exact) mass is 372 g/mol. The number of hydrogen-bond acceptors (Lipinski definition) is 3. The standard InChI is InChI=1S/C22H30N2O3/c1-5-19(23)22-18-13-21(27-4)20(26-3)12-16(18)9-10-24(22)14-15-7-6-8-17(11-15)25-2/h6-8,11-13,19,22H,5,9-10,14,23H2,1-4H3/p+2/t19-,22-/m0/s1. The zero-order valence-corrected chi connectivity index (χ0v) is 16.9. The minimum Gasteiger partial charge on any atom is -0.497 e. The first-order valence-electron chi connectivity index (χ1n) is 9.66. The normalized spacial score (nSPS) is 19.9. The molecule has 0 fully saturated rings. The molecule has 0 radical (unpaired) electrons. The molecule has 5 heteroatoms. The van der Waals surface area contributed by atoms with E-state index in [1.807, 2.05) is 6.07 Å². The third-order valence-corrected chi connectivity index (χ3v) is 5.70. The van der Waals surface area contributed by atoms with Crippen molar-refractivity contribution in [3.63, 3.8) is 0 Å². The van der Waals surface area contributed by atoms with Crippen LogP contribution in [-0.4, -0.2) is 33.9 Å². The van der Waals surface area contributed by atoms with Crippen LogP contribution in [0.15, 0.2) is 36.4 Å². The maximum atomic E-state index is 5.58. The summed E-state index contributed by atoms with van der Waals surface area (Å²) in [6.07, 6.45) is 2.07. The molecule has 3 atom stereocenters. The summed E-state index contributed by atoms with van der Waals surface area (Å²) in [7, 11) is 5.11. The predicted molar refractivity (Wildman–Crippen MR) is 105 cm³/mol. The van der Waals surface area contributed by atoms with Crippen LogP contribution in [0.5, 0.6) is 17.2 Å². The van der Waals surface area contributed by atoms with Crippen LogP contribution in [0.4, 0.5) is 0 Å². The molecule has 1 aliphatic rings. The summed E-state index contributed by atoms with van der Waals surface area (Å²) in [5.41, 5.74) is 8.48. The number of quaternary nitrogens is 2. The van der Waals surface area contributed by atoms with Gasteiger partial charge in [-0.15, -0.1) is 0 Å². The SMILES string of the molecule is CC[C@H]([NH3+])[C@@H]1c2cc(OC)c(OC)cc2CC[NH+]1Cc1cccc(OC)c1. The summed E-state index contributed by atoms with van der Waals surface area (Å²) in [5, 5.41) is 0. The highest BCUT2D eigenvalue weighted by Crippen LogP contribution is 2.35. The molecular weight excluding hydrogens is 340 g/mol. The van der Waals surface area contributed by atoms with Gasteiger partial charge in [-0.3, -0.25) is 0 Å². The van der Waals surface area contributed by atoms with E-state index >= 15 is 0 Å². The van der Waals surface area contributed by atoms with E-state index in [2.05, 4.69) is 43.0 Å². The first-order chi connectivity index (χ1) is 13.1. The molecular formula is C22H32N2O3+2. The molecule has 4 N–H and O–H groups in total. The number of ether oxygens (including phenoxy) is 3. The van der Waals surface area contributed by atoms with Gasteiger partial charge in [0.25, 0.3) is 0 Å². The van der Waals surface area contributed by atoms with Gasteiger partial charge in [-0.2, -0.15) is 0 Å². The largest absolute Gasteiger partial charge is 0.497 e. The molecule has 0 amide bonds. The fourth-order valence-corrected chi connectivity index (χ4v) is 4.18. The van der Waals surface area contributed by atoms with Crippen LogP contribution < -0.4 is 24.8 Å². The van der Waals surface area contributed by atoms with Gasteiger partial charge in [0, 0.05) is 24.0 Å². The second-order valence-corrected chi connectivity index (χ2v) is 7.24. The van der Waals surface area contributed by atoms with Crippen LogP contribution in [0.3, 0.4) is 0 Å². The van der Waals surface area contributed by atoms with Gasteiger partial charge in [-0.1, -0.05) is 19.1 Å². The molecule has 3 rings (SSSR count). The first-order valence-corrected chi connectivity index (χ1v) is 9.66. The van der Waals surface area contributed by atoms with Crippen molar-refractivity contribution in [2.45, 2.75) is 38.4 Å². The second kappa shape index (κ2) is 8.63. The van der Waals surface area contributed by atoms with Crippen LogP contribution in [0, 0.1) is 0 Å². The Morgan fingerprint density at radius 1 is 1.07 bits per heavy atom. The van der Waals surface area contributed by atoms with Crippen LogP contribution >= 0.6 is 0 Å². The Bertz CT molecular complexity index is 778. The van der Waals surface area contributed by atoms with Crippen molar-refractivity contribution in [2.75, 3.05) is 27.9 Å². The minimum absolute atomic E-state index is 0.336. The van der Waals surface area contributed by atoms with Crippen molar-refractivity contribution in [3.05, 3.63) is 53.1 Å². The quantitative estimate of drug-likeness (QED) is 0.773. The highest BCUT2D eigenvalue weighted by atomic mass is 16.5. The van der Waals surface area contributed by atoms with Crippen LogP contribution in [0.2, 0.25) is 0 Å². The van der Waals surface area contributed by atoms with E-state index in [0.29, 0.717) is 12.1 Å². The van der Waals surface area contributed by atoms with Crippen LogP contribution in [0.25, 0.3) is 0 Å². The molecule has 0 spiro atoms. The summed E-state index contributed by atoms with van der Waals surface area (Å²) < 4.78 is 16.5. The summed E-state index contributed by atoms with van der Waals surface area (Å²) in [5.74, 6) is 2.52. The second-order valence-electron chi connectivity index (χ2n) is 7.24. The molecule has 0 saturated carbocycles. The van der Waals surface area contributed by atoms with Crippen molar-refractivity contribution in [1.29, 1.82) is 0 Å². The molecule has 0 saturated heterocycles. The minimum atomic E-state index is 0.336. The third-order valence-electron chi connectivity index (χ3n) is 5.70. The van der Waals surface area contributed by atoms with Gasteiger partial charge in [0.15, 0.2) is 17.5 Å². The number of hydrogen-bond donors (Lipinski definition) is 2.